The summed E-state index contributed by atoms with van der Waals surface area (Å²) in [5, 5.41) is 3.13. The van der Waals surface area contributed by atoms with Crippen LogP contribution in [0.2, 0.25) is 0 Å². The molecule has 2 aromatic rings. The fourth-order valence-corrected chi connectivity index (χ4v) is 4.52. The molecule has 0 spiro atoms. The van der Waals surface area contributed by atoms with Crippen molar-refractivity contribution in [3.8, 4) is 0 Å². The number of amides is 3. The zero-order valence-electron chi connectivity index (χ0n) is 20.8. The quantitative estimate of drug-likeness (QED) is 0.617. The minimum absolute atomic E-state index is 0.0161. The third kappa shape index (κ3) is 6.18. The normalized spacial score (nSPS) is 15.6. The molecule has 0 aliphatic heterocycles. The Balaban J connectivity index is 2.11. The Bertz CT molecular complexity index is 1050. The summed E-state index contributed by atoms with van der Waals surface area (Å²) in [7, 11) is 2.68. The number of benzene rings is 2. The van der Waals surface area contributed by atoms with E-state index in [4.69, 9.17) is 4.74 Å². The van der Waals surface area contributed by atoms with Crippen molar-refractivity contribution in [1.82, 2.24) is 10.2 Å². The van der Waals surface area contributed by atoms with Gasteiger partial charge in [-0.2, -0.15) is 0 Å². The monoisotopic (exact) mass is 483 g/mol. The van der Waals surface area contributed by atoms with Gasteiger partial charge in [-0.15, -0.1) is 0 Å². The second-order valence-corrected chi connectivity index (χ2v) is 9.05. The molecule has 3 amide bonds. The summed E-state index contributed by atoms with van der Waals surface area (Å²) in [6, 6.07) is 10.9. The van der Waals surface area contributed by atoms with Gasteiger partial charge in [0.05, 0.1) is 7.11 Å². The third-order valence-electron chi connectivity index (χ3n) is 6.67. The molecular weight excluding hydrogens is 449 g/mol. The first-order valence-electron chi connectivity index (χ1n) is 12.0. The summed E-state index contributed by atoms with van der Waals surface area (Å²) in [5.74, 6) is -1.40. The largest absolute Gasteiger partial charge is 0.453 e. The number of halogens is 1. The minimum atomic E-state index is -1.05. The first-order chi connectivity index (χ1) is 16.7. The van der Waals surface area contributed by atoms with E-state index >= 15 is 0 Å². The number of anilines is 1. The maximum atomic E-state index is 14.3. The summed E-state index contributed by atoms with van der Waals surface area (Å²) < 4.78 is 19.1. The van der Waals surface area contributed by atoms with Crippen LogP contribution in [-0.2, 0) is 14.3 Å². The van der Waals surface area contributed by atoms with Crippen molar-refractivity contribution >= 4 is 23.6 Å². The molecule has 0 radical (unpaired) electrons. The Labute approximate surface area is 206 Å². The van der Waals surface area contributed by atoms with Crippen LogP contribution in [0.25, 0.3) is 0 Å². The standard InChI is InChI=1S/C27H34FN3O4/c1-18-11-8-9-16-23(18)24(25(32)29-21-13-6-5-7-14-21)31(22-15-10-12-20(28)17-22)26(33)19(2)30(3)27(34)35-4/h8-12,15-17,19,21,24H,5-7,13-14H2,1-4H3,(H,29,32)/t19-,24-/m0/s1. The highest BCUT2D eigenvalue weighted by Crippen LogP contribution is 2.32. The average molecular weight is 484 g/mol. The van der Waals surface area contributed by atoms with Gasteiger partial charge in [0.1, 0.15) is 17.9 Å². The molecule has 7 nitrogen and oxygen atoms in total. The number of ether oxygens (including phenoxy) is 1. The number of nitrogens with one attached hydrogen (secondary N) is 1. The maximum absolute atomic E-state index is 14.3. The van der Waals surface area contributed by atoms with Gasteiger partial charge in [-0.05, 0) is 56.0 Å². The Hall–Kier alpha value is -3.42. The predicted octanol–water partition coefficient (Wildman–Crippen LogP) is 4.74. The van der Waals surface area contributed by atoms with Gasteiger partial charge in [0.2, 0.25) is 5.91 Å². The van der Waals surface area contributed by atoms with Crippen molar-refractivity contribution < 1.29 is 23.5 Å². The summed E-state index contributed by atoms with van der Waals surface area (Å²) >= 11 is 0. The summed E-state index contributed by atoms with van der Waals surface area (Å²) in [4.78, 5) is 42.4. The number of aryl methyl sites for hydroxylation is 1. The van der Waals surface area contributed by atoms with Gasteiger partial charge in [0, 0.05) is 18.8 Å². The number of carbonyl (C=O) groups excluding carboxylic acids is 3. The van der Waals surface area contributed by atoms with E-state index < -0.39 is 29.9 Å². The summed E-state index contributed by atoms with van der Waals surface area (Å²) in [6.07, 6.45) is 4.27. The molecule has 0 unspecified atom stereocenters. The van der Waals surface area contributed by atoms with E-state index in [1.54, 1.807) is 19.1 Å². The van der Waals surface area contributed by atoms with E-state index in [-0.39, 0.29) is 17.6 Å². The molecule has 35 heavy (non-hydrogen) atoms. The van der Waals surface area contributed by atoms with Crippen molar-refractivity contribution in [3.05, 3.63) is 65.5 Å². The molecule has 188 valence electrons. The number of rotatable bonds is 7. The highest BCUT2D eigenvalue weighted by Gasteiger charge is 2.38. The molecule has 2 atom stereocenters. The molecule has 1 aliphatic rings. The first-order valence-corrected chi connectivity index (χ1v) is 12.0. The summed E-state index contributed by atoms with van der Waals surface area (Å²) in [5.41, 5.74) is 1.68. The van der Waals surface area contributed by atoms with Crippen LogP contribution in [0.3, 0.4) is 0 Å². The Morgan fingerprint density at radius 1 is 1.06 bits per heavy atom. The van der Waals surface area contributed by atoms with E-state index in [2.05, 4.69) is 5.32 Å². The lowest BCUT2D eigenvalue weighted by molar-refractivity contribution is -0.128. The van der Waals surface area contributed by atoms with E-state index in [9.17, 15) is 18.8 Å². The zero-order chi connectivity index (χ0) is 25.5. The van der Waals surface area contributed by atoms with Gasteiger partial charge in [0.15, 0.2) is 0 Å². The fourth-order valence-electron chi connectivity index (χ4n) is 4.52. The van der Waals surface area contributed by atoms with Crippen LogP contribution in [0.5, 0.6) is 0 Å². The predicted molar refractivity (Wildman–Crippen MR) is 132 cm³/mol. The molecule has 2 aromatic carbocycles. The molecule has 8 heteroatoms. The van der Waals surface area contributed by atoms with Crippen LogP contribution in [0, 0.1) is 12.7 Å². The second-order valence-electron chi connectivity index (χ2n) is 9.05. The second kappa shape index (κ2) is 11.8. The Morgan fingerprint density at radius 2 is 1.74 bits per heavy atom. The summed E-state index contributed by atoms with van der Waals surface area (Å²) in [6.45, 7) is 3.42. The van der Waals surface area contributed by atoms with Crippen molar-refractivity contribution in [2.24, 2.45) is 0 Å². The highest BCUT2D eigenvalue weighted by atomic mass is 19.1. The number of hydrogen-bond donors (Lipinski definition) is 1. The molecule has 0 saturated heterocycles. The minimum Gasteiger partial charge on any atom is -0.453 e. The number of carbonyl (C=O) groups is 3. The van der Waals surface area contributed by atoms with Crippen LogP contribution in [-0.4, -0.2) is 49.0 Å². The van der Waals surface area contributed by atoms with Crippen molar-refractivity contribution in [2.45, 2.75) is 64.1 Å². The molecular formula is C27H34FN3O4. The molecule has 0 heterocycles. The van der Waals surface area contributed by atoms with Crippen LogP contribution in [0.1, 0.15) is 56.2 Å². The highest BCUT2D eigenvalue weighted by molar-refractivity contribution is 6.04. The van der Waals surface area contributed by atoms with Crippen molar-refractivity contribution in [1.29, 1.82) is 0 Å². The molecule has 0 bridgehead atoms. The van der Waals surface area contributed by atoms with Gasteiger partial charge in [-0.3, -0.25) is 19.4 Å². The fraction of sp³-hybridized carbons (Fsp3) is 0.444. The molecule has 3 rings (SSSR count). The molecule has 1 aliphatic carbocycles. The Kier molecular flexibility index (Phi) is 8.84. The Morgan fingerprint density at radius 3 is 2.37 bits per heavy atom. The lowest BCUT2D eigenvalue weighted by atomic mass is 9.93. The maximum Gasteiger partial charge on any atom is 0.409 e. The lowest BCUT2D eigenvalue weighted by Crippen LogP contribution is -2.53. The van der Waals surface area contributed by atoms with Crippen LogP contribution >= 0.6 is 0 Å². The smallest absolute Gasteiger partial charge is 0.409 e. The van der Waals surface area contributed by atoms with Gasteiger partial charge in [-0.1, -0.05) is 49.6 Å². The molecule has 1 saturated carbocycles. The van der Waals surface area contributed by atoms with Crippen LogP contribution in [0.15, 0.2) is 48.5 Å². The van der Waals surface area contributed by atoms with Crippen molar-refractivity contribution in [3.63, 3.8) is 0 Å². The van der Waals surface area contributed by atoms with E-state index in [0.29, 0.717) is 5.56 Å². The topological polar surface area (TPSA) is 79.0 Å². The third-order valence-corrected chi connectivity index (χ3v) is 6.67. The van der Waals surface area contributed by atoms with Gasteiger partial charge in [0.25, 0.3) is 5.91 Å². The lowest BCUT2D eigenvalue weighted by Gasteiger charge is -2.36. The number of likely N-dealkylation sites (N-methyl/N-ethyl adjacent to an activating group) is 1. The average Bonchev–Trinajstić information content (AvgIpc) is 2.86. The van der Waals surface area contributed by atoms with Gasteiger partial charge >= 0.3 is 6.09 Å². The van der Waals surface area contributed by atoms with E-state index in [1.807, 2.05) is 25.1 Å². The van der Waals surface area contributed by atoms with Crippen molar-refractivity contribution in [2.75, 3.05) is 19.1 Å². The van der Waals surface area contributed by atoms with Crippen LogP contribution < -0.4 is 10.2 Å². The number of nitrogens with zero attached hydrogens (tertiary/aromatic N) is 2. The molecule has 1 N–H and O–H groups in total. The zero-order valence-corrected chi connectivity index (χ0v) is 20.8. The first kappa shape index (κ1) is 26.2. The number of hydrogen-bond acceptors (Lipinski definition) is 4. The van der Waals surface area contributed by atoms with Crippen LogP contribution in [0.4, 0.5) is 14.9 Å². The number of methoxy groups -OCH3 is 1. The SMILES string of the molecule is COC(=O)N(C)[C@@H](C)C(=O)N(c1cccc(F)c1)[C@H](C(=O)NC1CCCCC1)c1ccccc1C. The van der Waals surface area contributed by atoms with Gasteiger partial charge in [-0.25, -0.2) is 9.18 Å². The molecule has 1 fully saturated rings. The van der Waals surface area contributed by atoms with E-state index in [1.165, 1.54) is 37.3 Å². The molecule has 0 aromatic heterocycles. The van der Waals surface area contributed by atoms with Gasteiger partial charge < -0.3 is 10.1 Å². The van der Waals surface area contributed by atoms with E-state index in [0.717, 1.165) is 42.6 Å².